The van der Waals surface area contributed by atoms with Crippen LogP contribution in [0.1, 0.15) is 16.7 Å². The number of hydrogen-bond donors (Lipinski definition) is 0. The van der Waals surface area contributed by atoms with Gasteiger partial charge >= 0.3 is 5.97 Å². The molecule has 6 nitrogen and oxygen atoms in total. The first-order chi connectivity index (χ1) is 16.5. The van der Waals surface area contributed by atoms with Gasteiger partial charge in [-0.3, -0.25) is 0 Å². The minimum absolute atomic E-state index is 0.259. The summed E-state index contributed by atoms with van der Waals surface area (Å²) in [5.41, 5.74) is 2.59. The highest BCUT2D eigenvalue weighted by Crippen LogP contribution is 2.33. The van der Waals surface area contributed by atoms with E-state index >= 15 is 0 Å². The number of ether oxygens (including phenoxy) is 4. The van der Waals surface area contributed by atoms with Crippen LogP contribution in [0.25, 0.3) is 17.7 Å². The maximum atomic E-state index is 12.3. The van der Waals surface area contributed by atoms with Crippen LogP contribution in [0.4, 0.5) is 0 Å². The Labute approximate surface area is 203 Å². The molecular formula is C27H22ClNO5. The second-order valence-corrected chi connectivity index (χ2v) is 7.39. The van der Waals surface area contributed by atoms with Gasteiger partial charge in [-0.15, -0.1) is 0 Å². The first-order valence-electron chi connectivity index (χ1n) is 10.1. The Balaban J connectivity index is 1.81. The SMILES string of the molecule is COc1ccc(/C(C#N)=C\c2ccc(OC(=O)/C=C/c3ccc(Cl)cc3)c(OC)c2)cc1OC. The molecule has 3 aromatic rings. The number of nitrogens with zero attached hydrogens (tertiary/aromatic N) is 1. The molecule has 0 aromatic heterocycles. The molecule has 0 bridgehead atoms. The number of carbonyl (C=O) groups excluding carboxylic acids is 1. The summed E-state index contributed by atoms with van der Waals surface area (Å²) in [6.45, 7) is 0. The fourth-order valence-corrected chi connectivity index (χ4v) is 3.22. The molecule has 0 radical (unpaired) electrons. The van der Waals surface area contributed by atoms with E-state index in [9.17, 15) is 10.1 Å². The van der Waals surface area contributed by atoms with Crippen LogP contribution in [0.2, 0.25) is 5.02 Å². The summed E-state index contributed by atoms with van der Waals surface area (Å²) in [7, 11) is 4.56. The van der Waals surface area contributed by atoms with Crippen molar-refractivity contribution in [1.82, 2.24) is 0 Å². The molecule has 0 aliphatic heterocycles. The lowest BCUT2D eigenvalue weighted by Gasteiger charge is -2.10. The maximum absolute atomic E-state index is 12.3. The molecule has 172 valence electrons. The summed E-state index contributed by atoms with van der Waals surface area (Å²) in [6, 6.07) is 19.5. The third-order valence-electron chi connectivity index (χ3n) is 4.81. The Morgan fingerprint density at radius 3 is 2.09 bits per heavy atom. The first-order valence-corrected chi connectivity index (χ1v) is 10.5. The zero-order valence-corrected chi connectivity index (χ0v) is 19.6. The van der Waals surface area contributed by atoms with E-state index in [1.54, 1.807) is 79.9 Å². The molecule has 7 heteroatoms. The Morgan fingerprint density at radius 1 is 0.824 bits per heavy atom. The Kier molecular flexibility index (Phi) is 8.33. The lowest BCUT2D eigenvalue weighted by atomic mass is 10.0. The van der Waals surface area contributed by atoms with Gasteiger partial charge in [0.15, 0.2) is 23.0 Å². The van der Waals surface area contributed by atoms with Gasteiger partial charge < -0.3 is 18.9 Å². The van der Waals surface area contributed by atoms with E-state index in [0.29, 0.717) is 39.0 Å². The summed E-state index contributed by atoms with van der Waals surface area (Å²) in [5, 5.41) is 10.3. The Bertz CT molecular complexity index is 1270. The fraction of sp³-hybridized carbons (Fsp3) is 0.111. The minimum Gasteiger partial charge on any atom is -0.493 e. The van der Waals surface area contributed by atoms with Crippen LogP contribution in [0.5, 0.6) is 23.0 Å². The van der Waals surface area contributed by atoms with Gasteiger partial charge in [0.2, 0.25) is 0 Å². The van der Waals surface area contributed by atoms with E-state index in [1.165, 1.54) is 20.3 Å². The summed E-state index contributed by atoms with van der Waals surface area (Å²) in [5.74, 6) is 1.15. The largest absolute Gasteiger partial charge is 0.493 e. The molecule has 0 saturated heterocycles. The van der Waals surface area contributed by atoms with Crippen LogP contribution in [-0.2, 0) is 4.79 Å². The van der Waals surface area contributed by atoms with E-state index in [0.717, 1.165) is 5.56 Å². The van der Waals surface area contributed by atoms with Crippen LogP contribution in [0, 0.1) is 11.3 Å². The van der Waals surface area contributed by atoms with Gasteiger partial charge in [0, 0.05) is 11.1 Å². The number of nitriles is 1. The summed E-state index contributed by atoms with van der Waals surface area (Å²) in [4.78, 5) is 12.3. The molecule has 0 unspecified atom stereocenters. The van der Waals surface area contributed by atoms with Crippen molar-refractivity contribution in [3.63, 3.8) is 0 Å². The fourth-order valence-electron chi connectivity index (χ4n) is 3.09. The monoisotopic (exact) mass is 475 g/mol. The van der Waals surface area contributed by atoms with Gasteiger partial charge in [-0.25, -0.2) is 4.79 Å². The van der Waals surface area contributed by atoms with Crippen LogP contribution >= 0.6 is 11.6 Å². The number of carbonyl (C=O) groups is 1. The van der Waals surface area contributed by atoms with Crippen molar-refractivity contribution < 1.29 is 23.7 Å². The average molecular weight is 476 g/mol. The molecule has 3 aromatic carbocycles. The standard InChI is InChI=1S/C27H22ClNO5/c1-31-23-12-8-20(16-26(23)33-3)21(17-29)14-19-6-11-24(25(15-19)32-2)34-27(30)13-7-18-4-9-22(28)10-5-18/h4-16H,1-3H3/b13-7+,21-14-. The highest BCUT2D eigenvalue weighted by atomic mass is 35.5. The Morgan fingerprint density at radius 2 is 1.44 bits per heavy atom. The van der Waals surface area contributed by atoms with Gasteiger partial charge in [0.05, 0.1) is 33.0 Å². The lowest BCUT2D eigenvalue weighted by Crippen LogP contribution is -2.05. The zero-order valence-electron chi connectivity index (χ0n) is 18.9. The normalized spacial score (nSPS) is 11.1. The van der Waals surface area contributed by atoms with Crippen LogP contribution in [0.3, 0.4) is 0 Å². The van der Waals surface area contributed by atoms with Crippen LogP contribution in [0.15, 0.2) is 66.7 Å². The second-order valence-electron chi connectivity index (χ2n) is 6.96. The maximum Gasteiger partial charge on any atom is 0.336 e. The number of esters is 1. The molecule has 0 amide bonds. The van der Waals surface area contributed by atoms with E-state index in [1.807, 2.05) is 0 Å². The van der Waals surface area contributed by atoms with Crippen molar-refractivity contribution in [1.29, 1.82) is 5.26 Å². The highest BCUT2D eigenvalue weighted by molar-refractivity contribution is 6.30. The van der Waals surface area contributed by atoms with Crippen molar-refractivity contribution in [2.45, 2.75) is 0 Å². The molecule has 0 aliphatic rings. The molecule has 0 saturated carbocycles. The van der Waals surface area contributed by atoms with Crippen molar-refractivity contribution in [2.75, 3.05) is 21.3 Å². The predicted molar refractivity (Wildman–Crippen MR) is 132 cm³/mol. The van der Waals surface area contributed by atoms with E-state index in [-0.39, 0.29) is 5.75 Å². The number of halogens is 1. The predicted octanol–water partition coefficient (Wildman–Crippen LogP) is 6.05. The van der Waals surface area contributed by atoms with Crippen molar-refractivity contribution in [3.05, 3.63) is 88.5 Å². The number of benzene rings is 3. The smallest absolute Gasteiger partial charge is 0.336 e. The van der Waals surface area contributed by atoms with E-state index in [2.05, 4.69) is 6.07 Å². The van der Waals surface area contributed by atoms with Gasteiger partial charge in [0.1, 0.15) is 0 Å². The van der Waals surface area contributed by atoms with Crippen molar-refractivity contribution >= 4 is 35.3 Å². The average Bonchev–Trinajstić information content (AvgIpc) is 2.87. The van der Waals surface area contributed by atoms with Crippen LogP contribution < -0.4 is 18.9 Å². The molecule has 0 spiro atoms. The molecule has 0 heterocycles. The third kappa shape index (κ3) is 6.18. The van der Waals surface area contributed by atoms with E-state index < -0.39 is 5.97 Å². The van der Waals surface area contributed by atoms with Gasteiger partial charge in [-0.2, -0.15) is 5.26 Å². The first kappa shape index (κ1) is 24.4. The third-order valence-corrected chi connectivity index (χ3v) is 5.06. The second kappa shape index (κ2) is 11.6. The van der Waals surface area contributed by atoms with E-state index in [4.69, 9.17) is 30.5 Å². The molecule has 0 fully saturated rings. The van der Waals surface area contributed by atoms with Gasteiger partial charge in [0.25, 0.3) is 0 Å². The van der Waals surface area contributed by atoms with Crippen LogP contribution in [-0.4, -0.2) is 27.3 Å². The highest BCUT2D eigenvalue weighted by Gasteiger charge is 2.11. The number of rotatable bonds is 8. The molecule has 0 atom stereocenters. The van der Waals surface area contributed by atoms with Gasteiger partial charge in [-0.1, -0.05) is 29.8 Å². The molecule has 34 heavy (non-hydrogen) atoms. The number of allylic oxidation sites excluding steroid dienone is 1. The zero-order chi connectivity index (χ0) is 24.5. The topological polar surface area (TPSA) is 77.8 Å². The molecule has 0 N–H and O–H groups in total. The number of hydrogen-bond acceptors (Lipinski definition) is 6. The quantitative estimate of drug-likeness (QED) is 0.130. The summed E-state index contributed by atoms with van der Waals surface area (Å²) < 4.78 is 21.4. The minimum atomic E-state index is -0.556. The summed E-state index contributed by atoms with van der Waals surface area (Å²) >= 11 is 5.87. The summed E-state index contributed by atoms with van der Waals surface area (Å²) in [6.07, 6.45) is 4.65. The number of methoxy groups -OCH3 is 3. The Hall–Kier alpha value is -4.21. The molecular weight excluding hydrogens is 454 g/mol. The lowest BCUT2D eigenvalue weighted by molar-refractivity contribution is -0.129. The van der Waals surface area contributed by atoms with Gasteiger partial charge in [-0.05, 0) is 71.3 Å². The van der Waals surface area contributed by atoms with Crippen molar-refractivity contribution in [2.24, 2.45) is 0 Å². The molecule has 0 aliphatic carbocycles. The molecule has 3 rings (SSSR count). The van der Waals surface area contributed by atoms with Crippen molar-refractivity contribution in [3.8, 4) is 29.1 Å².